The Labute approximate surface area is 144 Å². The van der Waals surface area contributed by atoms with Gasteiger partial charge >= 0.3 is 0 Å². The standard InChI is InChI=1S/C19H14ClN3O/c1-12-15(18(20)23(22-12)13-7-3-2-4-8-13)11-16-14-9-5-6-10-17(14)21-19(16)24/h2-11H,1H3,(H,21,24)/b16-11-. The van der Waals surface area contributed by atoms with Gasteiger partial charge in [0.2, 0.25) is 0 Å². The molecular weight excluding hydrogens is 322 g/mol. The number of benzene rings is 2. The molecule has 0 unspecified atom stereocenters. The third-order valence-electron chi connectivity index (χ3n) is 4.05. The lowest BCUT2D eigenvalue weighted by molar-refractivity contribution is -0.110. The van der Waals surface area contributed by atoms with Gasteiger partial charge in [-0.3, -0.25) is 4.79 Å². The number of nitrogens with one attached hydrogen (secondary N) is 1. The average molecular weight is 336 g/mol. The highest BCUT2D eigenvalue weighted by Crippen LogP contribution is 2.35. The summed E-state index contributed by atoms with van der Waals surface area (Å²) in [6.07, 6.45) is 1.81. The molecule has 0 saturated carbocycles. The molecule has 3 aromatic rings. The van der Waals surface area contributed by atoms with Crippen molar-refractivity contribution >= 4 is 34.8 Å². The largest absolute Gasteiger partial charge is 0.321 e. The molecule has 0 spiro atoms. The summed E-state index contributed by atoms with van der Waals surface area (Å²) >= 11 is 6.54. The number of rotatable bonds is 2. The first-order valence-electron chi connectivity index (χ1n) is 7.58. The summed E-state index contributed by atoms with van der Waals surface area (Å²) in [5.41, 5.74) is 4.70. The molecule has 0 saturated heterocycles. The number of aryl methyl sites for hydroxylation is 1. The normalized spacial score (nSPS) is 14.8. The number of anilines is 1. The summed E-state index contributed by atoms with van der Waals surface area (Å²) in [4.78, 5) is 12.3. The molecule has 4 rings (SSSR count). The lowest BCUT2D eigenvalue weighted by Gasteiger charge is -2.02. The van der Waals surface area contributed by atoms with Gasteiger partial charge in [-0.25, -0.2) is 4.68 Å². The van der Waals surface area contributed by atoms with Crippen LogP contribution in [0, 0.1) is 6.92 Å². The van der Waals surface area contributed by atoms with E-state index < -0.39 is 0 Å². The van der Waals surface area contributed by atoms with Gasteiger partial charge in [0.1, 0.15) is 5.15 Å². The Bertz CT molecular complexity index is 974. The smallest absolute Gasteiger partial charge is 0.256 e. The number of para-hydroxylation sites is 2. The van der Waals surface area contributed by atoms with Gasteiger partial charge < -0.3 is 5.32 Å². The number of halogens is 1. The van der Waals surface area contributed by atoms with Crippen LogP contribution < -0.4 is 5.32 Å². The number of hydrogen-bond donors (Lipinski definition) is 1. The highest BCUT2D eigenvalue weighted by atomic mass is 35.5. The van der Waals surface area contributed by atoms with Crippen molar-refractivity contribution in [2.24, 2.45) is 0 Å². The van der Waals surface area contributed by atoms with E-state index in [1.165, 1.54) is 0 Å². The van der Waals surface area contributed by atoms with E-state index in [1.807, 2.05) is 67.6 Å². The molecule has 1 amide bonds. The van der Waals surface area contributed by atoms with Crippen molar-refractivity contribution in [3.05, 3.63) is 76.6 Å². The summed E-state index contributed by atoms with van der Waals surface area (Å²) in [6.45, 7) is 1.89. The molecule has 2 aromatic carbocycles. The molecular formula is C19H14ClN3O. The van der Waals surface area contributed by atoms with Gasteiger partial charge in [0, 0.05) is 22.4 Å². The molecule has 0 bridgehead atoms. The molecule has 1 N–H and O–H groups in total. The monoisotopic (exact) mass is 335 g/mol. The summed E-state index contributed by atoms with van der Waals surface area (Å²) in [5, 5.41) is 7.87. The maximum Gasteiger partial charge on any atom is 0.256 e. The molecule has 118 valence electrons. The van der Waals surface area contributed by atoms with Gasteiger partial charge in [-0.2, -0.15) is 5.10 Å². The number of carbonyl (C=O) groups excluding carboxylic acids is 1. The summed E-state index contributed by atoms with van der Waals surface area (Å²) in [7, 11) is 0. The van der Waals surface area contributed by atoms with Crippen molar-refractivity contribution in [2.75, 3.05) is 5.32 Å². The zero-order valence-electron chi connectivity index (χ0n) is 13.0. The Morgan fingerprint density at radius 3 is 2.58 bits per heavy atom. The van der Waals surface area contributed by atoms with Crippen LogP contribution >= 0.6 is 11.6 Å². The lowest BCUT2D eigenvalue weighted by atomic mass is 10.0. The quantitative estimate of drug-likeness (QED) is 0.709. The Kier molecular flexibility index (Phi) is 3.47. The fraction of sp³-hybridized carbons (Fsp3) is 0.0526. The molecule has 24 heavy (non-hydrogen) atoms. The van der Waals surface area contributed by atoms with Crippen LogP contribution in [-0.2, 0) is 4.79 Å². The molecule has 1 aromatic heterocycles. The van der Waals surface area contributed by atoms with Crippen molar-refractivity contribution in [3.8, 4) is 5.69 Å². The third kappa shape index (κ3) is 2.32. The fourth-order valence-corrected chi connectivity index (χ4v) is 3.17. The van der Waals surface area contributed by atoms with Crippen LogP contribution in [0.2, 0.25) is 5.15 Å². The van der Waals surface area contributed by atoms with Crippen LogP contribution in [0.1, 0.15) is 16.8 Å². The van der Waals surface area contributed by atoms with Crippen molar-refractivity contribution < 1.29 is 4.79 Å². The Morgan fingerprint density at radius 1 is 1.08 bits per heavy atom. The minimum Gasteiger partial charge on any atom is -0.321 e. The molecule has 0 aliphatic carbocycles. The predicted molar refractivity (Wildman–Crippen MR) is 96.3 cm³/mol. The number of fused-ring (bicyclic) bond motifs is 1. The Morgan fingerprint density at radius 2 is 1.79 bits per heavy atom. The van der Waals surface area contributed by atoms with Crippen molar-refractivity contribution in [1.29, 1.82) is 0 Å². The Hall–Kier alpha value is -2.85. The van der Waals surface area contributed by atoms with Gasteiger partial charge in [0.25, 0.3) is 5.91 Å². The van der Waals surface area contributed by atoms with Gasteiger partial charge in [-0.1, -0.05) is 48.0 Å². The van der Waals surface area contributed by atoms with Gasteiger partial charge in [0.05, 0.1) is 11.4 Å². The summed E-state index contributed by atoms with van der Waals surface area (Å²) < 4.78 is 1.68. The van der Waals surface area contributed by atoms with Crippen LogP contribution in [0.25, 0.3) is 17.3 Å². The third-order valence-corrected chi connectivity index (χ3v) is 4.41. The van der Waals surface area contributed by atoms with E-state index in [0.29, 0.717) is 10.7 Å². The van der Waals surface area contributed by atoms with E-state index in [2.05, 4.69) is 10.4 Å². The van der Waals surface area contributed by atoms with Crippen molar-refractivity contribution in [1.82, 2.24) is 9.78 Å². The Balaban J connectivity index is 1.84. The van der Waals surface area contributed by atoms with E-state index in [4.69, 9.17) is 11.6 Å². The number of carbonyl (C=O) groups is 1. The second kappa shape index (κ2) is 5.65. The van der Waals surface area contributed by atoms with E-state index in [1.54, 1.807) is 4.68 Å². The summed E-state index contributed by atoms with van der Waals surface area (Å²) in [6, 6.07) is 17.3. The van der Waals surface area contributed by atoms with E-state index in [9.17, 15) is 4.79 Å². The maximum atomic E-state index is 12.3. The molecule has 1 aliphatic heterocycles. The topological polar surface area (TPSA) is 46.9 Å². The highest BCUT2D eigenvalue weighted by molar-refractivity contribution is 6.36. The van der Waals surface area contributed by atoms with Gasteiger partial charge in [-0.05, 0) is 31.2 Å². The number of aromatic nitrogens is 2. The number of hydrogen-bond acceptors (Lipinski definition) is 2. The van der Waals surface area contributed by atoms with Crippen LogP contribution in [0.15, 0.2) is 54.6 Å². The highest BCUT2D eigenvalue weighted by Gasteiger charge is 2.25. The first kappa shape index (κ1) is 14.7. The first-order chi connectivity index (χ1) is 11.6. The SMILES string of the molecule is Cc1nn(-c2ccccc2)c(Cl)c1/C=C1\C(=O)Nc2ccccc21. The average Bonchev–Trinajstić information content (AvgIpc) is 3.07. The van der Waals surface area contributed by atoms with Gasteiger partial charge in [-0.15, -0.1) is 0 Å². The molecule has 5 heteroatoms. The molecule has 0 radical (unpaired) electrons. The second-order valence-electron chi connectivity index (χ2n) is 5.59. The second-order valence-corrected chi connectivity index (χ2v) is 5.95. The fourth-order valence-electron chi connectivity index (χ4n) is 2.84. The number of amides is 1. The zero-order chi connectivity index (χ0) is 16.7. The molecule has 4 nitrogen and oxygen atoms in total. The molecule has 0 fully saturated rings. The summed E-state index contributed by atoms with van der Waals surface area (Å²) in [5.74, 6) is -0.126. The molecule has 0 atom stereocenters. The van der Waals surface area contributed by atoms with Gasteiger partial charge in [0.15, 0.2) is 0 Å². The molecule has 1 aliphatic rings. The predicted octanol–water partition coefficient (Wildman–Crippen LogP) is 4.33. The van der Waals surface area contributed by atoms with E-state index in [-0.39, 0.29) is 5.91 Å². The minimum atomic E-state index is -0.126. The van der Waals surface area contributed by atoms with Crippen LogP contribution in [-0.4, -0.2) is 15.7 Å². The van der Waals surface area contributed by atoms with Crippen LogP contribution in [0.5, 0.6) is 0 Å². The van der Waals surface area contributed by atoms with E-state index in [0.717, 1.165) is 28.2 Å². The van der Waals surface area contributed by atoms with Crippen molar-refractivity contribution in [3.63, 3.8) is 0 Å². The van der Waals surface area contributed by atoms with Crippen molar-refractivity contribution in [2.45, 2.75) is 6.92 Å². The first-order valence-corrected chi connectivity index (χ1v) is 7.96. The van der Waals surface area contributed by atoms with Crippen LogP contribution in [0.4, 0.5) is 5.69 Å². The van der Waals surface area contributed by atoms with Crippen LogP contribution in [0.3, 0.4) is 0 Å². The maximum absolute atomic E-state index is 12.3. The van der Waals surface area contributed by atoms with E-state index >= 15 is 0 Å². The zero-order valence-corrected chi connectivity index (χ0v) is 13.7. The number of nitrogens with zero attached hydrogens (tertiary/aromatic N) is 2. The lowest BCUT2D eigenvalue weighted by Crippen LogP contribution is -2.03. The molecule has 2 heterocycles. The minimum absolute atomic E-state index is 0.126.